The highest BCUT2D eigenvalue weighted by Gasteiger charge is 2.28. The molecule has 0 aromatic carbocycles. The van der Waals surface area contributed by atoms with Gasteiger partial charge in [-0.3, -0.25) is 0 Å². The Morgan fingerprint density at radius 2 is 2.00 bits per heavy atom. The molecule has 1 fully saturated rings. The molecular formula is C15H24BrNS. The van der Waals surface area contributed by atoms with Crippen molar-refractivity contribution in [2.45, 2.75) is 52.0 Å². The molecule has 0 saturated heterocycles. The molecule has 1 saturated carbocycles. The minimum absolute atomic E-state index is 0.549. The van der Waals surface area contributed by atoms with Crippen LogP contribution in [-0.2, 0) is 0 Å². The smallest absolute Gasteiger partial charge is 0.0368 e. The van der Waals surface area contributed by atoms with E-state index in [0.717, 1.165) is 18.4 Å². The van der Waals surface area contributed by atoms with E-state index in [1.807, 2.05) is 0 Å². The Labute approximate surface area is 123 Å². The van der Waals surface area contributed by atoms with Gasteiger partial charge in [0.1, 0.15) is 0 Å². The van der Waals surface area contributed by atoms with Gasteiger partial charge in [0, 0.05) is 15.9 Å². The maximum Gasteiger partial charge on any atom is 0.0368 e. The zero-order valence-electron chi connectivity index (χ0n) is 11.4. The number of hydrogen-bond acceptors (Lipinski definition) is 2. The van der Waals surface area contributed by atoms with Crippen LogP contribution in [0.25, 0.3) is 0 Å². The van der Waals surface area contributed by atoms with E-state index < -0.39 is 0 Å². The molecule has 1 unspecified atom stereocenters. The number of nitrogens with one attached hydrogen (secondary N) is 1. The van der Waals surface area contributed by atoms with Crippen LogP contribution in [0.5, 0.6) is 0 Å². The van der Waals surface area contributed by atoms with Gasteiger partial charge in [0.15, 0.2) is 0 Å². The van der Waals surface area contributed by atoms with E-state index >= 15 is 0 Å². The zero-order valence-corrected chi connectivity index (χ0v) is 13.8. The lowest BCUT2D eigenvalue weighted by Gasteiger charge is -2.34. The molecule has 3 heteroatoms. The van der Waals surface area contributed by atoms with Crippen molar-refractivity contribution in [3.63, 3.8) is 0 Å². The summed E-state index contributed by atoms with van der Waals surface area (Å²) in [7, 11) is 0. The van der Waals surface area contributed by atoms with Crippen molar-refractivity contribution < 1.29 is 0 Å². The second kappa shape index (κ2) is 7.06. The molecule has 102 valence electrons. The fourth-order valence-electron chi connectivity index (χ4n) is 3.19. The summed E-state index contributed by atoms with van der Waals surface area (Å²) in [6, 6.07) is 0.549. The second-order valence-electron chi connectivity index (χ2n) is 5.40. The van der Waals surface area contributed by atoms with Gasteiger partial charge in [0.2, 0.25) is 0 Å². The number of hydrogen-bond donors (Lipinski definition) is 1. The Bertz CT molecular complexity index is 355. The van der Waals surface area contributed by atoms with E-state index in [9.17, 15) is 0 Å². The lowest BCUT2D eigenvalue weighted by Crippen LogP contribution is -2.30. The Hall–Kier alpha value is 0.140. The molecule has 0 radical (unpaired) electrons. The van der Waals surface area contributed by atoms with Crippen LogP contribution < -0.4 is 5.32 Å². The van der Waals surface area contributed by atoms with E-state index in [1.54, 1.807) is 11.3 Å². The number of thiophene rings is 1. The normalized spacial score (nSPS) is 26.2. The molecule has 1 aliphatic carbocycles. The topological polar surface area (TPSA) is 12.0 Å². The number of halogens is 1. The summed E-state index contributed by atoms with van der Waals surface area (Å²) in [6.07, 6.45) is 6.98. The van der Waals surface area contributed by atoms with E-state index in [-0.39, 0.29) is 0 Å². The molecule has 18 heavy (non-hydrogen) atoms. The Morgan fingerprint density at radius 3 is 2.50 bits per heavy atom. The maximum absolute atomic E-state index is 3.71. The van der Waals surface area contributed by atoms with Crippen LogP contribution in [0.15, 0.2) is 15.2 Å². The monoisotopic (exact) mass is 329 g/mol. The first-order valence-corrected chi connectivity index (χ1v) is 8.94. The van der Waals surface area contributed by atoms with Gasteiger partial charge < -0.3 is 5.32 Å². The molecule has 1 atom stereocenters. The van der Waals surface area contributed by atoms with Gasteiger partial charge in [-0.15, -0.1) is 0 Å². The first-order chi connectivity index (χ1) is 8.76. The largest absolute Gasteiger partial charge is 0.310 e. The van der Waals surface area contributed by atoms with Crippen LogP contribution in [0.2, 0.25) is 0 Å². The Morgan fingerprint density at radius 1 is 1.28 bits per heavy atom. The van der Waals surface area contributed by atoms with Crippen molar-refractivity contribution in [1.82, 2.24) is 5.32 Å². The highest BCUT2D eigenvalue weighted by molar-refractivity contribution is 9.10. The van der Waals surface area contributed by atoms with Gasteiger partial charge in [0.05, 0.1) is 0 Å². The molecule has 0 bridgehead atoms. The van der Waals surface area contributed by atoms with Crippen molar-refractivity contribution in [3.05, 3.63) is 20.8 Å². The van der Waals surface area contributed by atoms with Gasteiger partial charge in [-0.1, -0.05) is 33.1 Å². The lowest BCUT2D eigenvalue weighted by atomic mass is 9.76. The number of rotatable bonds is 5. The fraction of sp³-hybridized carbons (Fsp3) is 0.733. The molecule has 1 aromatic heterocycles. The summed E-state index contributed by atoms with van der Waals surface area (Å²) in [5, 5.41) is 8.22. The molecule has 2 rings (SSSR count). The van der Waals surface area contributed by atoms with Crippen LogP contribution in [-0.4, -0.2) is 6.54 Å². The standard InChI is InChI=1S/C15H24BrNS/c1-3-11-5-7-12(8-6-11)15(17-4-2)13-9-18-10-14(13)16/h9-12,15,17H,3-8H2,1-2H3. The minimum Gasteiger partial charge on any atom is -0.310 e. The SMILES string of the molecule is CCNC(c1cscc1Br)C1CCC(CC)CC1. The maximum atomic E-state index is 3.71. The van der Waals surface area contributed by atoms with Gasteiger partial charge in [-0.25, -0.2) is 0 Å². The third-order valence-electron chi connectivity index (χ3n) is 4.34. The lowest BCUT2D eigenvalue weighted by molar-refractivity contribution is 0.220. The fourth-order valence-corrected chi connectivity index (χ4v) is 4.77. The summed E-state index contributed by atoms with van der Waals surface area (Å²) < 4.78 is 1.29. The zero-order chi connectivity index (χ0) is 13.0. The molecule has 1 aliphatic rings. The van der Waals surface area contributed by atoms with Crippen molar-refractivity contribution in [2.75, 3.05) is 6.54 Å². The van der Waals surface area contributed by atoms with E-state index in [4.69, 9.17) is 0 Å². The Kier molecular flexibility index (Phi) is 5.71. The summed E-state index contributed by atoms with van der Waals surface area (Å²) in [5.74, 6) is 1.80. The second-order valence-corrected chi connectivity index (χ2v) is 7.00. The van der Waals surface area contributed by atoms with Gasteiger partial charge in [-0.05, 0) is 58.1 Å². The van der Waals surface area contributed by atoms with Crippen LogP contribution >= 0.6 is 27.3 Å². The summed E-state index contributed by atoms with van der Waals surface area (Å²) in [6.45, 7) is 5.60. The molecule has 0 spiro atoms. The molecule has 0 aliphatic heterocycles. The van der Waals surface area contributed by atoms with Crippen molar-refractivity contribution >= 4 is 27.3 Å². The third-order valence-corrected chi connectivity index (χ3v) is 6.09. The average Bonchev–Trinajstić information content (AvgIpc) is 2.82. The van der Waals surface area contributed by atoms with Gasteiger partial charge in [0.25, 0.3) is 0 Å². The van der Waals surface area contributed by atoms with Gasteiger partial charge in [-0.2, -0.15) is 11.3 Å². The molecule has 1 aromatic rings. The summed E-state index contributed by atoms with van der Waals surface area (Å²) in [5.41, 5.74) is 1.47. The first-order valence-electron chi connectivity index (χ1n) is 7.21. The van der Waals surface area contributed by atoms with Gasteiger partial charge >= 0.3 is 0 Å². The highest BCUT2D eigenvalue weighted by atomic mass is 79.9. The third kappa shape index (κ3) is 3.37. The molecule has 0 amide bonds. The van der Waals surface area contributed by atoms with Crippen LogP contribution in [0.4, 0.5) is 0 Å². The molecule has 1 N–H and O–H groups in total. The average molecular weight is 330 g/mol. The Balaban J connectivity index is 2.05. The quantitative estimate of drug-likeness (QED) is 0.764. The van der Waals surface area contributed by atoms with Crippen molar-refractivity contribution in [1.29, 1.82) is 0 Å². The molecule has 1 heterocycles. The van der Waals surface area contributed by atoms with E-state index in [2.05, 4.69) is 45.9 Å². The summed E-state index contributed by atoms with van der Waals surface area (Å²) in [4.78, 5) is 0. The van der Waals surface area contributed by atoms with Crippen LogP contribution in [0.1, 0.15) is 57.6 Å². The predicted octanol–water partition coefficient (Wildman–Crippen LogP) is 5.38. The molecular weight excluding hydrogens is 306 g/mol. The summed E-state index contributed by atoms with van der Waals surface area (Å²) >= 11 is 5.50. The molecule has 1 nitrogen and oxygen atoms in total. The minimum atomic E-state index is 0.549. The van der Waals surface area contributed by atoms with E-state index in [0.29, 0.717) is 6.04 Å². The first kappa shape index (κ1) is 14.5. The van der Waals surface area contributed by atoms with Crippen LogP contribution in [0.3, 0.4) is 0 Å². The van der Waals surface area contributed by atoms with Crippen LogP contribution in [0, 0.1) is 11.8 Å². The van der Waals surface area contributed by atoms with Crippen molar-refractivity contribution in [2.24, 2.45) is 11.8 Å². The van der Waals surface area contributed by atoms with E-state index in [1.165, 1.54) is 42.1 Å². The predicted molar refractivity (Wildman–Crippen MR) is 84.2 cm³/mol. The van der Waals surface area contributed by atoms with Crippen molar-refractivity contribution in [3.8, 4) is 0 Å². The highest BCUT2D eigenvalue weighted by Crippen LogP contribution is 2.40.